The molecule has 5 aromatic rings. The van der Waals surface area contributed by atoms with Gasteiger partial charge in [0.15, 0.2) is 0 Å². The maximum atomic E-state index is 13.2. The van der Waals surface area contributed by atoms with E-state index in [0.29, 0.717) is 17.9 Å². The highest BCUT2D eigenvalue weighted by molar-refractivity contribution is 6.08. The molecule has 0 saturated heterocycles. The summed E-state index contributed by atoms with van der Waals surface area (Å²) in [4.78, 5) is 21.2. The molecule has 168 valence electrons. The molecule has 6 nitrogen and oxygen atoms in total. The molecule has 1 amide bonds. The van der Waals surface area contributed by atoms with Crippen molar-refractivity contribution < 1.29 is 9.53 Å². The highest BCUT2D eigenvalue weighted by Gasteiger charge is 2.14. The molecule has 2 N–H and O–H groups in total. The summed E-state index contributed by atoms with van der Waals surface area (Å²) in [6.45, 7) is 4.56. The molecule has 0 bridgehead atoms. The molecule has 0 saturated carbocycles. The summed E-state index contributed by atoms with van der Waals surface area (Å²) in [5.74, 6) is 0.508. The monoisotopic (exact) mass is 448 g/mol. The molecule has 0 unspecified atom stereocenters. The number of fused-ring (bicyclic) bond motifs is 2. The summed E-state index contributed by atoms with van der Waals surface area (Å²) in [5.41, 5.74) is 8.56. The number of benzene rings is 3. The zero-order chi connectivity index (χ0) is 23.5. The minimum atomic E-state index is -0.290. The fourth-order valence-electron chi connectivity index (χ4n) is 3.99. The Morgan fingerprint density at radius 1 is 1.06 bits per heavy atom. The first-order valence-electron chi connectivity index (χ1n) is 11.2. The molecule has 0 radical (unpaired) electrons. The van der Waals surface area contributed by atoms with E-state index in [1.165, 1.54) is 0 Å². The lowest BCUT2D eigenvalue weighted by Crippen LogP contribution is -2.18. The lowest BCUT2D eigenvalue weighted by molar-refractivity contribution is 0.0956. The number of carbonyl (C=O) groups excluding carboxylic acids is 1. The Hall–Kier alpha value is -4.45. The van der Waals surface area contributed by atoms with Gasteiger partial charge in [0, 0.05) is 33.6 Å². The van der Waals surface area contributed by atoms with Gasteiger partial charge in [-0.25, -0.2) is 10.4 Å². The van der Waals surface area contributed by atoms with Gasteiger partial charge >= 0.3 is 0 Å². The third-order valence-corrected chi connectivity index (χ3v) is 5.66. The Balaban J connectivity index is 1.48. The second-order valence-electron chi connectivity index (χ2n) is 8.02. The summed E-state index contributed by atoms with van der Waals surface area (Å²) >= 11 is 0. The predicted molar refractivity (Wildman–Crippen MR) is 136 cm³/mol. The van der Waals surface area contributed by atoms with Crippen molar-refractivity contribution in [2.75, 3.05) is 6.61 Å². The van der Waals surface area contributed by atoms with Crippen LogP contribution in [0, 0.1) is 6.92 Å². The number of aryl methyl sites for hydroxylation is 1. The maximum Gasteiger partial charge on any atom is 0.272 e. The summed E-state index contributed by atoms with van der Waals surface area (Å²) in [6.07, 6.45) is 3.52. The molecule has 5 rings (SSSR count). The van der Waals surface area contributed by atoms with Crippen LogP contribution in [0.15, 0.2) is 84.1 Å². The van der Waals surface area contributed by atoms with Crippen LogP contribution in [0.25, 0.3) is 33.1 Å². The first-order chi connectivity index (χ1) is 16.6. The molecular formula is C28H24N4O2. The topological polar surface area (TPSA) is 79.4 Å². The summed E-state index contributed by atoms with van der Waals surface area (Å²) in [6, 6.07) is 23.4. The Labute approximate surface area is 197 Å². The van der Waals surface area contributed by atoms with Crippen molar-refractivity contribution >= 4 is 33.9 Å². The van der Waals surface area contributed by atoms with E-state index in [0.717, 1.165) is 44.2 Å². The Morgan fingerprint density at radius 2 is 1.88 bits per heavy atom. The van der Waals surface area contributed by atoms with Gasteiger partial charge in [-0.05, 0) is 62.4 Å². The first kappa shape index (κ1) is 21.4. The van der Waals surface area contributed by atoms with Crippen LogP contribution in [0.5, 0.6) is 5.75 Å². The second-order valence-corrected chi connectivity index (χ2v) is 8.02. The van der Waals surface area contributed by atoms with E-state index in [9.17, 15) is 4.79 Å². The van der Waals surface area contributed by atoms with Crippen LogP contribution in [0.1, 0.15) is 28.4 Å². The van der Waals surface area contributed by atoms with Crippen LogP contribution >= 0.6 is 0 Å². The van der Waals surface area contributed by atoms with E-state index in [4.69, 9.17) is 9.72 Å². The van der Waals surface area contributed by atoms with Crippen molar-refractivity contribution in [2.24, 2.45) is 5.10 Å². The van der Waals surface area contributed by atoms with E-state index in [2.05, 4.69) is 15.5 Å². The number of pyridine rings is 1. The number of hydrogen-bond acceptors (Lipinski definition) is 4. The number of rotatable bonds is 6. The predicted octanol–water partition coefficient (Wildman–Crippen LogP) is 5.85. The highest BCUT2D eigenvalue weighted by atomic mass is 16.5. The number of carbonyl (C=O) groups is 1. The number of hydrogen-bond donors (Lipinski definition) is 2. The van der Waals surface area contributed by atoms with Gasteiger partial charge in [0.1, 0.15) is 5.75 Å². The lowest BCUT2D eigenvalue weighted by atomic mass is 10.0. The molecule has 6 heteroatoms. The normalized spacial score (nSPS) is 11.4. The SMILES string of the molecule is CCOc1ccc(-c2cc(C(=O)N/N=C/c3c[nH]c4ccccc34)c3cc(C)ccc3n2)cc1. The summed E-state index contributed by atoms with van der Waals surface area (Å²) in [7, 11) is 0. The highest BCUT2D eigenvalue weighted by Crippen LogP contribution is 2.27. The molecule has 2 heterocycles. The van der Waals surface area contributed by atoms with Gasteiger partial charge in [-0.15, -0.1) is 0 Å². The number of ether oxygens (including phenoxy) is 1. The number of aromatic nitrogens is 2. The van der Waals surface area contributed by atoms with E-state index >= 15 is 0 Å². The van der Waals surface area contributed by atoms with Gasteiger partial charge in [-0.3, -0.25) is 4.79 Å². The van der Waals surface area contributed by atoms with E-state index in [1.54, 1.807) is 6.21 Å². The van der Waals surface area contributed by atoms with Gasteiger partial charge in [-0.2, -0.15) is 5.10 Å². The van der Waals surface area contributed by atoms with Crippen molar-refractivity contribution in [1.82, 2.24) is 15.4 Å². The summed E-state index contributed by atoms with van der Waals surface area (Å²) < 4.78 is 5.54. The van der Waals surface area contributed by atoms with E-state index in [1.807, 2.05) is 92.8 Å². The fraction of sp³-hybridized carbons (Fsp3) is 0.107. The van der Waals surface area contributed by atoms with Crippen LogP contribution in [0.4, 0.5) is 0 Å². The zero-order valence-electron chi connectivity index (χ0n) is 19.0. The third kappa shape index (κ3) is 4.26. The number of hydrazone groups is 1. The maximum absolute atomic E-state index is 13.2. The van der Waals surface area contributed by atoms with Gasteiger partial charge in [0.2, 0.25) is 0 Å². The van der Waals surface area contributed by atoms with E-state index < -0.39 is 0 Å². The largest absolute Gasteiger partial charge is 0.494 e. The molecule has 0 aliphatic carbocycles. The number of aromatic amines is 1. The summed E-state index contributed by atoms with van der Waals surface area (Å²) in [5, 5.41) is 6.05. The van der Waals surface area contributed by atoms with Crippen LogP contribution < -0.4 is 10.2 Å². The van der Waals surface area contributed by atoms with Gasteiger partial charge in [-0.1, -0.05) is 29.8 Å². The number of nitrogens with zero attached hydrogens (tertiary/aromatic N) is 2. The third-order valence-electron chi connectivity index (χ3n) is 5.66. The van der Waals surface area contributed by atoms with Gasteiger partial charge in [0.05, 0.1) is 29.6 Å². The number of amides is 1. The molecule has 2 aromatic heterocycles. The van der Waals surface area contributed by atoms with Crippen LogP contribution in [-0.4, -0.2) is 28.7 Å². The quantitative estimate of drug-likeness (QED) is 0.252. The molecule has 0 fully saturated rings. The Morgan fingerprint density at radius 3 is 2.71 bits per heavy atom. The van der Waals surface area contributed by atoms with Crippen molar-refractivity contribution in [3.05, 3.63) is 95.7 Å². The van der Waals surface area contributed by atoms with Crippen molar-refractivity contribution in [2.45, 2.75) is 13.8 Å². The first-order valence-corrected chi connectivity index (χ1v) is 11.2. The Bertz CT molecular complexity index is 1520. The molecule has 34 heavy (non-hydrogen) atoms. The van der Waals surface area contributed by atoms with Crippen LogP contribution in [0.2, 0.25) is 0 Å². The standard InChI is InChI=1S/C28H24N4O2/c1-3-34-21-11-9-19(10-12-21)27-15-24(23-14-18(2)8-13-26(23)31-27)28(33)32-30-17-20-16-29-25-7-5-4-6-22(20)25/h4-17,29H,3H2,1-2H3,(H,32,33)/b30-17+. The number of H-pyrrole nitrogens is 1. The minimum Gasteiger partial charge on any atom is -0.494 e. The van der Waals surface area contributed by atoms with Crippen molar-refractivity contribution in [3.63, 3.8) is 0 Å². The molecule has 3 aromatic carbocycles. The fourth-order valence-corrected chi connectivity index (χ4v) is 3.99. The minimum absolute atomic E-state index is 0.290. The van der Waals surface area contributed by atoms with Gasteiger partial charge < -0.3 is 9.72 Å². The Kier molecular flexibility index (Phi) is 5.79. The average molecular weight is 449 g/mol. The number of nitrogens with one attached hydrogen (secondary N) is 2. The molecule has 0 aliphatic rings. The van der Waals surface area contributed by atoms with Crippen LogP contribution in [-0.2, 0) is 0 Å². The van der Waals surface area contributed by atoms with E-state index in [-0.39, 0.29) is 5.91 Å². The number of para-hydroxylation sites is 1. The van der Waals surface area contributed by atoms with Crippen molar-refractivity contribution in [1.29, 1.82) is 0 Å². The average Bonchev–Trinajstić information content (AvgIpc) is 3.27. The molecule has 0 aliphatic heterocycles. The van der Waals surface area contributed by atoms with Crippen LogP contribution in [0.3, 0.4) is 0 Å². The smallest absolute Gasteiger partial charge is 0.272 e. The zero-order valence-corrected chi connectivity index (χ0v) is 19.0. The lowest BCUT2D eigenvalue weighted by Gasteiger charge is -2.10. The molecular weight excluding hydrogens is 424 g/mol. The second kappa shape index (κ2) is 9.19. The van der Waals surface area contributed by atoms with Gasteiger partial charge in [0.25, 0.3) is 5.91 Å². The molecule has 0 atom stereocenters. The molecule has 0 spiro atoms. The van der Waals surface area contributed by atoms with Crippen molar-refractivity contribution in [3.8, 4) is 17.0 Å².